The molecule has 0 aliphatic heterocycles. The van der Waals surface area contributed by atoms with Gasteiger partial charge in [0, 0.05) is 4.88 Å². The lowest BCUT2D eigenvalue weighted by Crippen LogP contribution is -1.82. The Labute approximate surface area is 97.5 Å². The molecule has 2 nitrogen and oxygen atoms in total. The Morgan fingerprint density at radius 2 is 2.07 bits per heavy atom. The molecule has 1 aromatic heterocycles. The van der Waals surface area contributed by atoms with E-state index in [0.29, 0.717) is 11.1 Å². The fourth-order valence-corrected chi connectivity index (χ4v) is 2.29. The molecule has 0 aliphatic rings. The van der Waals surface area contributed by atoms with Crippen LogP contribution in [0.4, 0.5) is 0 Å². The molecule has 78 valence electrons. The number of aromatic nitrogens is 1. The summed E-state index contributed by atoms with van der Waals surface area (Å²) >= 11 is 7.25. The fourth-order valence-electron chi connectivity index (χ4n) is 1.16. The molecule has 0 saturated heterocycles. The van der Waals surface area contributed by atoms with Gasteiger partial charge in [0.05, 0.1) is 11.6 Å². The van der Waals surface area contributed by atoms with E-state index in [1.807, 2.05) is 37.3 Å². The number of benzene rings is 1. The van der Waals surface area contributed by atoms with E-state index in [0.717, 1.165) is 16.3 Å². The first-order valence-corrected chi connectivity index (χ1v) is 5.90. The average Bonchev–Trinajstić information content (AvgIpc) is 2.60. The summed E-state index contributed by atoms with van der Waals surface area (Å²) < 4.78 is 5.59. The normalized spacial score (nSPS) is 10.3. The highest BCUT2D eigenvalue weighted by Gasteiger charge is 2.07. The second-order valence-electron chi connectivity index (χ2n) is 3.04. The van der Waals surface area contributed by atoms with E-state index in [1.54, 1.807) is 0 Å². The first-order chi connectivity index (χ1) is 7.29. The minimum atomic E-state index is 0.488. The van der Waals surface area contributed by atoms with Crippen LogP contribution in [0, 0.1) is 6.92 Å². The third kappa shape index (κ3) is 2.49. The van der Waals surface area contributed by atoms with Crippen LogP contribution in [0.2, 0.25) is 0 Å². The quantitative estimate of drug-likeness (QED) is 0.756. The highest BCUT2D eigenvalue weighted by atomic mass is 35.5. The lowest BCUT2D eigenvalue weighted by Gasteiger charge is -1.99. The van der Waals surface area contributed by atoms with Gasteiger partial charge in [-0.2, -0.15) is 0 Å². The second kappa shape index (κ2) is 4.64. The zero-order valence-electron chi connectivity index (χ0n) is 8.24. The van der Waals surface area contributed by atoms with Gasteiger partial charge in [-0.25, -0.2) is 4.98 Å². The molecule has 0 spiro atoms. The highest BCUT2D eigenvalue weighted by Crippen LogP contribution is 2.29. The molecule has 0 radical (unpaired) electrons. The largest absolute Gasteiger partial charge is 0.431 e. The van der Waals surface area contributed by atoms with Gasteiger partial charge in [0.2, 0.25) is 0 Å². The van der Waals surface area contributed by atoms with Crippen molar-refractivity contribution in [3.8, 4) is 10.9 Å². The van der Waals surface area contributed by atoms with E-state index in [-0.39, 0.29) is 0 Å². The Morgan fingerprint density at radius 3 is 2.67 bits per heavy atom. The number of ether oxygens (including phenoxy) is 1. The van der Waals surface area contributed by atoms with Gasteiger partial charge in [-0.3, -0.25) is 0 Å². The molecule has 2 aromatic rings. The number of para-hydroxylation sites is 1. The molecule has 0 bridgehead atoms. The van der Waals surface area contributed by atoms with E-state index < -0.39 is 0 Å². The smallest absolute Gasteiger partial charge is 0.279 e. The maximum Gasteiger partial charge on any atom is 0.279 e. The Kier molecular flexibility index (Phi) is 3.23. The van der Waals surface area contributed by atoms with E-state index >= 15 is 0 Å². The van der Waals surface area contributed by atoms with E-state index in [9.17, 15) is 0 Å². The molecule has 0 N–H and O–H groups in total. The first kappa shape index (κ1) is 10.5. The molecule has 0 unspecified atom stereocenters. The van der Waals surface area contributed by atoms with Crippen molar-refractivity contribution in [2.24, 2.45) is 0 Å². The SMILES string of the molecule is Cc1nc(Oc2ccccc2)sc1CCl. The number of hydrogen-bond donors (Lipinski definition) is 0. The molecule has 0 amide bonds. The summed E-state index contributed by atoms with van der Waals surface area (Å²) in [6.07, 6.45) is 0. The summed E-state index contributed by atoms with van der Waals surface area (Å²) in [6, 6.07) is 9.61. The molecular formula is C11H10ClNOS. The van der Waals surface area contributed by atoms with Crippen LogP contribution >= 0.6 is 22.9 Å². The molecule has 0 atom stereocenters. The van der Waals surface area contributed by atoms with Gasteiger partial charge in [-0.15, -0.1) is 11.6 Å². The van der Waals surface area contributed by atoms with E-state index in [1.165, 1.54) is 11.3 Å². The monoisotopic (exact) mass is 239 g/mol. The molecular weight excluding hydrogens is 230 g/mol. The Balaban J connectivity index is 2.18. The summed E-state index contributed by atoms with van der Waals surface area (Å²) in [4.78, 5) is 5.35. The van der Waals surface area contributed by atoms with Crippen LogP contribution in [0.25, 0.3) is 0 Å². The van der Waals surface area contributed by atoms with Crippen LogP contribution in [0.15, 0.2) is 30.3 Å². The zero-order valence-corrected chi connectivity index (χ0v) is 9.81. The minimum Gasteiger partial charge on any atom is -0.431 e. The number of thiazole rings is 1. The van der Waals surface area contributed by atoms with Crippen molar-refractivity contribution in [1.29, 1.82) is 0 Å². The number of hydrogen-bond acceptors (Lipinski definition) is 3. The summed E-state index contributed by atoms with van der Waals surface area (Å²) in [5.41, 5.74) is 0.945. The maximum absolute atomic E-state index is 5.76. The van der Waals surface area contributed by atoms with Gasteiger partial charge >= 0.3 is 0 Å². The Bertz CT molecular complexity index is 441. The van der Waals surface area contributed by atoms with E-state index in [4.69, 9.17) is 16.3 Å². The van der Waals surface area contributed by atoms with Gasteiger partial charge in [0.1, 0.15) is 5.75 Å². The zero-order chi connectivity index (χ0) is 10.7. The van der Waals surface area contributed by atoms with Crippen LogP contribution in [-0.2, 0) is 5.88 Å². The van der Waals surface area contributed by atoms with Gasteiger partial charge in [0.25, 0.3) is 5.19 Å². The number of aryl methyl sites for hydroxylation is 1. The van der Waals surface area contributed by atoms with Crippen molar-refractivity contribution < 1.29 is 4.74 Å². The summed E-state index contributed by atoms with van der Waals surface area (Å²) in [7, 11) is 0. The van der Waals surface area contributed by atoms with Crippen molar-refractivity contribution in [2.45, 2.75) is 12.8 Å². The number of rotatable bonds is 3. The molecule has 2 rings (SSSR count). The lowest BCUT2D eigenvalue weighted by molar-refractivity contribution is 0.478. The minimum absolute atomic E-state index is 0.488. The average molecular weight is 240 g/mol. The van der Waals surface area contributed by atoms with Crippen molar-refractivity contribution in [3.63, 3.8) is 0 Å². The summed E-state index contributed by atoms with van der Waals surface area (Å²) in [5, 5.41) is 0.648. The topological polar surface area (TPSA) is 22.1 Å². The third-order valence-corrected chi connectivity index (χ3v) is 3.40. The van der Waals surface area contributed by atoms with E-state index in [2.05, 4.69) is 4.98 Å². The van der Waals surface area contributed by atoms with Crippen LogP contribution in [0.3, 0.4) is 0 Å². The standard InChI is InChI=1S/C11H10ClNOS/c1-8-10(7-12)15-11(13-8)14-9-5-3-2-4-6-9/h2-6H,7H2,1H3. The molecule has 4 heteroatoms. The molecule has 0 saturated carbocycles. The second-order valence-corrected chi connectivity index (χ2v) is 4.35. The van der Waals surface area contributed by atoms with Crippen LogP contribution in [0.5, 0.6) is 10.9 Å². The van der Waals surface area contributed by atoms with Gasteiger partial charge < -0.3 is 4.74 Å². The Morgan fingerprint density at radius 1 is 1.33 bits per heavy atom. The van der Waals surface area contributed by atoms with Crippen molar-refractivity contribution >= 4 is 22.9 Å². The molecule has 15 heavy (non-hydrogen) atoms. The predicted molar refractivity (Wildman–Crippen MR) is 62.9 cm³/mol. The highest BCUT2D eigenvalue weighted by molar-refractivity contribution is 7.13. The molecule has 0 aliphatic carbocycles. The van der Waals surface area contributed by atoms with Gasteiger partial charge in [-0.1, -0.05) is 29.5 Å². The first-order valence-electron chi connectivity index (χ1n) is 4.55. The lowest BCUT2D eigenvalue weighted by atomic mass is 10.3. The van der Waals surface area contributed by atoms with Crippen LogP contribution < -0.4 is 4.74 Å². The van der Waals surface area contributed by atoms with Crippen molar-refractivity contribution in [3.05, 3.63) is 40.9 Å². The predicted octanol–water partition coefficient (Wildman–Crippen LogP) is 3.98. The number of alkyl halides is 1. The Hall–Kier alpha value is -1.06. The number of nitrogens with zero attached hydrogens (tertiary/aromatic N) is 1. The molecule has 1 aromatic carbocycles. The number of halogens is 1. The fraction of sp³-hybridized carbons (Fsp3) is 0.182. The summed E-state index contributed by atoms with van der Waals surface area (Å²) in [6.45, 7) is 1.94. The van der Waals surface area contributed by atoms with Crippen LogP contribution in [-0.4, -0.2) is 4.98 Å². The van der Waals surface area contributed by atoms with Crippen LogP contribution in [0.1, 0.15) is 10.6 Å². The van der Waals surface area contributed by atoms with Gasteiger partial charge in [0.15, 0.2) is 0 Å². The third-order valence-electron chi connectivity index (χ3n) is 1.94. The molecule has 1 heterocycles. The van der Waals surface area contributed by atoms with Crippen molar-refractivity contribution in [2.75, 3.05) is 0 Å². The van der Waals surface area contributed by atoms with Crippen molar-refractivity contribution in [1.82, 2.24) is 4.98 Å². The molecule has 0 fully saturated rings. The van der Waals surface area contributed by atoms with Gasteiger partial charge in [-0.05, 0) is 19.1 Å². The maximum atomic E-state index is 5.76. The summed E-state index contributed by atoms with van der Waals surface area (Å²) in [5.74, 6) is 1.29.